The molecule has 0 aliphatic carbocycles. The Morgan fingerprint density at radius 2 is 1.52 bits per heavy atom. The van der Waals surface area contributed by atoms with Crippen LogP contribution in [0.15, 0.2) is 53.3 Å². The van der Waals surface area contributed by atoms with Crippen molar-refractivity contribution >= 4 is 17.6 Å². The van der Waals surface area contributed by atoms with Crippen LogP contribution in [-0.4, -0.2) is 16.4 Å². The number of imide groups is 1. The zero-order valence-corrected chi connectivity index (χ0v) is 13.6. The number of aromatic nitrogens is 1. The fraction of sp³-hybridized carbons (Fsp3) is 0. The van der Waals surface area contributed by atoms with Crippen molar-refractivity contribution in [2.75, 3.05) is 5.73 Å². The molecule has 3 aromatic rings. The Morgan fingerprint density at radius 1 is 0.852 bits per heavy atom. The van der Waals surface area contributed by atoms with E-state index in [1.54, 1.807) is 18.2 Å². The fourth-order valence-corrected chi connectivity index (χ4v) is 3.15. The molecule has 0 saturated heterocycles. The van der Waals surface area contributed by atoms with Crippen LogP contribution in [0.2, 0.25) is 0 Å². The molecular weight excluding hydrogens is 356 g/mol. The molecule has 27 heavy (non-hydrogen) atoms. The molecular formula is C19H11F2N3O3. The highest BCUT2D eigenvalue weighted by Gasteiger charge is 2.32. The number of anilines is 1. The summed E-state index contributed by atoms with van der Waals surface area (Å²) in [4.78, 5) is 36.4. The standard InChI is InChI=1S/C19H11F2N3O3/c20-10-5-9(6-11(21)7-10)12-3-1-2-4-14(12)24-15(25)8-13-16(17(24)22)19(27)23-18(13)26/h1-8H,22H2,(H,23,26,27). The minimum Gasteiger partial charge on any atom is -0.384 e. The van der Waals surface area contributed by atoms with Crippen molar-refractivity contribution in [3.63, 3.8) is 0 Å². The van der Waals surface area contributed by atoms with Crippen LogP contribution in [0.25, 0.3) is 16.8 Å². The summed E-state index contributed by atoms with van der Waals surface area (Å²) in [5.41, 5.74) is 5.90. The van der Waals surface area contributed by atoms with E-state index in [2.05, 4.69) is 5.32 Å². The van der Waals surface area contributed by atoms with Gasteiger partial charge in [-0.05, 0) is 23.8 Å². The van der Waals surface area contributed by atoms with E-state index >= 15 is 0 Å². The number of pyridine rings is 1. The van der Waals surface area contributed by atoms with Gasteiger partial charge in [-0.2, -0.15) is 0 Å². The molecule has 0 bridgehead atoms. The zero-order valence-electron chi connectivity index (χ0n) is 13.6. The number of nitrogen functional groups attached to an aromatic ring is 1. The third kappa shape index (κ3) is 2.58. The van der Waals surface area contributed by atoms with E-state index in [0.29, 0.717) is 5.56 Å². The SMILES string of the molecule is Nc1c2c(cc(=O)n1-c1ccccc1-c1cc(F)cc(F)c1)C(=O)NC2=O. The highest BCUT2D eigenvalue weighted by atomic mass is 19.1. The molecule has 3 N–H and O–H groups in total. The first kappa shape index (κ1) is 16.6. The molecule has 2 heterocycles. The maximum Gasteiger partial charge on any atom is 0.262 e. The highest BCUT2D eigenvalue weighted by molar-refractivity contribution is 6.23. The van der Waals surface area contributed by atoms with Crippen LogP contribution < -0.4 is 16.6 Å². The molecule has 4 rings (SSSR count). The van der Waals surface area contributed by atoms with Crippen LogP contribution >= 0.6 is 0 Å². The van der Waals surface area contributed by atoms with Crippen LogP contribution in [0.1, 0.15) is 20.7 Å². The quantitative estimate of drug-likeness (QED) is 0.680. The van der Waals surface area contributed by atoms with Crippen LogP contribution in [0.4, 0.5) is 14.6 Å². The van der Waals surface area contributed by atoms with Gasteiger partial charge in [0.25, 0.3) is 17.4 Å². The summed E-state index contributed by atoms with van der Waals surface area (Å²) < 4.78 is 28.4. The lowest BCUT2D eigenvalue weighted by molar-refractivity contribution is 0.0880. The van der Waals surface area contributed by atoms with E-state index in [-0.39, 0.29) is 28.2 Å². The van der Waals surface area contributed by atoms with Crippen molar-refractivity contribution in [3.05, 3.63) is 81.6 Å². The fourth-order valence-electron chi connectivity index (χ4n) is 3.15. The number of benzene rings is 2. The monoisotopic (exact) mass is 367 g/mol. The molecule has 1 aliphatic rings. The van der Waals surface area contributed by atoms with Gasteiger partial charge in [-0.25, -0.2) is 8.78 Å². The minimum absolute atomic E-state index is 0.104. The maximum absolute atomic E-state index is 13.7. The molecule has 0 saturated carbocycles. The van der Waals surface area contributed by atoms with Gasteiger partial charge in [0.1, 0.15) is 17.5 Å². The number of fused-ring (bicyclic) bond motifs is 1. The van der Waals surface area contributed by atoms with Crippen molar-refractivity contribution < 1.29 is 18.4 Å². The predicted molar refractivity (Wildman–Crippen MR) is 93.6 cm³/mol. The Labute approximate surface area is 150 Å². The Morgan fingerprint density at radius 3 is 2.22 bits per heavy atom. The predicted octanol–water partition coefficient (Wildman–Crippen LogP) is 2.25. The van der Waals surface area contributed by atoms with Gasteiger partial charge in [0, 0.05) is 17.7 Å². The summed E-state index contributed by atoms with van der Waals surface area (Å²) in [6.45, 7) is 0. The Kier molecular flexibility index (Phi) is 3.62. The van der Waals surface area contributed by atoms with Gasteiger partial charge in [0.2, 0.25) is 0 Å². The van der Waals surface area contributed by atoms with Crippen LogP contribution in [0, 0.1) is 11.6 Å². The summed E-state index contributed by atoms with van der Waals surface area (Å²) in [5, 5.41) is 2.08. The van der Waals surface area contributed by atoms with Crippen molar-refractivity contribution in [1.29, 1.82) is 0 Å². The third-order valence-electron chi connectivity index (χ3n) is 4.27. The number of hydrogen-bond acceptors (Lipinski definition) is 4. The number of halogens is 2. The van der Waals surface area contributed by atoms with Crippen molar-refractivity contribution in [3.8, 4) is 16.8 Å². The lowest BCUT2D eigenvalue weighted by Crippen LogP contribution is -2.24. The van der Waals surface area contributed by atoms with Gasteiger partial charge >= 0.3 is 0 Å². The van der Waals surface area contributed by atoms with Crippen LogP contribution in [0.5, 0.6) is 0 Å². The van der Waals surface area contributed by atoms with Gasteiger partial charge < -0.3 is 5.73 Å². The molecule has 0 spiro atoms. The lowest BCUT2D eigenvalue weighted by Gasteiger charge is -2.16. The van der Waals surface area contributed by atoms with Crippen LogP contribution in [0.3, 0.4) is 0 Å². The van der Waals surface area contributed by atoms with Gasteiger partial charge in [-0.1, -0.05) is 18.2 Å². The first-order valence-electron chi connectivity index (χ1n) is 7.84. The van der Waals surface area contributed by atoms with E-state index in [1.807, 2.05) is 0 Å². The number of nitrogens with one attached hydrogen (secondary N) is 1. The third-order valence-corrected chi connectivity index (χ3v) is 4.27. The number of nitrogens with zero attached hydrogens (tertiary/aromatic N) is 1. The molecule has 8 heteroatoms. The van der Waals surface area contributed by atoms with Gasteiger partial charge in [0.05, 0.1) is 16.8 Å². The maximum atomic E-state index is 13.7. The topological polar surface area (TPSA) is 94.2 Å². The molecule has 2 aromatic carbocycles. The number of amides is 2. The summed E-state index contributed by atoms with van der Waals surface area (Å²) in [7, 11) is 0. The Hall–Kier alpha value is -3.81. The molecule has 0 fully saturated rings. The van der Waals surface area contributed by atoms with Crippen molar-refractivity contribution in [1.82, 2.24) is 9.88 Å². The largest absolute Gasteiger partial charge is 0.384 e. The smallest absolute Gasteiger partial charge is 0.262 e. The second kappa shape index (κ2) is 5.87. The van der Waals surface area contributed by atoms with E-state index < -0.39 is 29.0 Å². The zero-order chi connectivity index (χ0) is 19.3. The second-order valence-electron chi connectivity index (χ2n) is 5.95. The van der Waals surface area contributed by atoms with Gasteiger partial charge in [0.15, 0.2) is 0 Å². The Bertz CT molecular complexity index is 1180. The van der Waals surface area contributed by atoms with Crippen molar-refractivity contribution in [2.45, 2.75) is 0 Å². The minimum atomic E-state index is -0.779. The van der Waals surface area contributed by atoms with Gasteiger partial charge in [-0.15, -0.1) is 0 Å². The molecule has 2 amide bonds. The molecule has 0 unspecified atom stereocenters. The second-order valence-corrected chi connectivity index (χ2v) is 5.95. The number of carbonyl (C=O) groups excluding carboxylic acids is 2. The number of nitrogens with two attached hydrogens (primary N) is 1. The molecule has 6 nitrogen and oxygen atoms in total. The normalized spacial score (nSPS) is 12.8. The molecule has 0 atom stereocenters. The molecule has 0 radical (unpaired) electrons. The molecule has 134 valence electrons. The first-order chi connectivity index (χ1) is 12.9. The van der Waals surface area contributed by atoms with Crippen LogP contribution in [-0.2, 0) is 0 Å². The number of para-hydroxylation sites is 1. The summed E-state index contributed by atoms with van der Waals surface area (Å²) in [6.07, 6.45) is 0. The lowest BCUT2D eigenvalue weighted by atomic mass is 10.0. The number of hydrogen-bond donors (Lipinski definition) is 2. The van der Waals surface area contributed by atoms with Gasteiger partial charge in [-0.3, -0.25) is 24.3 Å². The van der Waals surface area contributed by atoms with E-state index in [9.17, 15) is 23.2 Å². The molecule has 1 aromatic heterocycles. The highest BCUT2D eigenvalue weighted by Crippen LogP contribution is 2.30. The summed E-state index contributed by atoms with van der Waals surface area (Å²) in [6, 6.07) is 10.3. The average molecular weight is 367 g/mol. The number of rotatable bonds is 2. The van der Waals surface area contributed by atoms with E-state index in [1.165, 1.54) is 6.07 Å². The summed E-state index contributed by atoms with van der Waals surface area (Å²) >= 11 is 0. The molecule has 1 aliphatic heterocycles. The average Bonchev–Trinajstić information content (AvgIpc) is 2.88. The van der Waals surface area contributed by atoms with Crippen molar-refractivity contribution in [2.24, 2.45) is 0 Å². The van der Waals surface area contributed by atoms with E-state index in [4.69, 9.17) is 5.73 Å². The first-order valence-corrected chi connectivity index (χ1v) is 7.84. The number of carbonyl (C=O) groups is 2. The Balaban J connectivity index is 2.02. The van der Waals surface area contributed by atoms with E-state index in [0.717, 1.165) is 28.8 Å². The summed E-state index contributed by atoms with van der Waals surface area (Å²) in [5.74, 6) is -3.20.